The van der Waals surface area contributed by atoms with Crippen LogP contribution in [0.25, 0.3) is 0 Å². The molecule has 1 aromatic carbocycles. The summed E-state index contributed by atoms with van der Waals surface area (Å²) in [6, 6.07) is 4.85. The van der Waals surface area contributed by atoms with E-state index in [0.717, 1.165) is 24.0 Å². The maximum atomic E-state index is 12.0. The molecule has 1 aromatic rings. The van der Waals surface area contributed by atoms with Gasteiger partial charge in [-0.3, -0.25) is 4.79 Å². The van der Waals surface area contributed by atoms with Gasteiger partial charge in [0.05, 0.1) is 11.5 Å². The average molecular weight is 284 g/mol. The molecule has 0 spiro atoms. The van der Waals surface area contributed by atoms with Crippen molar-refractivity contribution in [2.45, 2.75) is 38.5 Å². The molecule has 0 saturated carbocycles. The Labute approximate surface area is 114 Å². The number of hydrogen-bond donors (Lipinski definition) is 0. The summed E-state index contributed by atoms with van der Waals surface area (Å²) >= 11 is 0. The molecule has 0 saturated heterocycles. The highest BCUT2D eigenvalue weighted by Crippen LogP contribution is 2.16. The zero-order valence-corrected chi connectivity index (χ0v) is 12.4. The number of rotatable bonds is 6. The molecule has 0 aliphatic carbocycles. The van der Waals surface area contributed by atoms with E-state index in [1.165, 1.54) is 6.07 Å². The molecule has 0 bridgehead atoms. The molecule has 0 aromatic heterocycles. The van der Waals surface area contributed by atoms with Gasteiger partial charge in [0.2, 0.25) is 0 Å². The van der Waals surface area contributed by atoms with Crippen LogP contribution >= 0.6 is 0 Å². The topological polar surface area (TPSA) is 60.4 Å². The molecule has 4 nitrogen and oxygen atoms in total. The Hall–Kier alpha value is -1.36. The second kappa shape index (κ2) is 6.70. The van der Waals surface area contributed by atoms with E-state index < -0.39 is 21.6 Å². The average Bonchev–Trinajstić information content (AvgIpc) is 2.32. The molecule has 19 heavy (non-hydrogen) atoms. The van der Waals surface area contributed by atoms with Crippen LogP contribution in [0, 0.1) is 13.8 Å². The number of aryl methyl sites for hydroxylation is 2. The van der Waals surface area contributed by atoms with Crippen LogP contribution in [0.5, 0.6) is 0 Å². The summed E-state index contributed by atoms with van der Waals surface area (Å²) < 4.78 is 29.0. The van der Waals surface area contributed by atoms with Crippen LogP contribution in [-0.2, 0) is 19.4 Å². The molecule has 0 radical (unpaired) electrons. The molecule has 106 valence electrons. The zero-order chi connectivity index (χ0) is 14.5. The summed E-state index contributed by atoms with van der Waals surface area (Å²) in [5, 5.41) is 0. The number of ether oxygens (including phenoxy) is 1. The number of benzene rings is 1. The Morgan fingerprint density at radius 1 is 1.21 bits per heavy atom. The monoisotopic (exact) mass is 284 g/mol. The number of carbonyl (C=O) groups is 1. The second-order valence-corrected chi connectivity index (χ2v) is 6.57. The smallest absolute Gasteiger partial charge is 0.321 e. The fourth-order valence-corrected chi connectivity index (χ4v) is 2.71. The van der Waals surface area contributed by atoms with Gasteiger partial charge in [-0.2, -0.15) is 0 Å². The number of carbonyl (C=O) groups excluding carboxylic acids is 1. The Morgan fingerprint density at radius 2 is 1.89 bits per heavy atom. The molecule has 0 N–H and O–H groups in total. The predicted octanol–water partition coefficient (Wildman–Crippen LogP) is 2.42. The molecule has 1 rings (SSSR count). The van der Waals surface area contributed by atoms with E-state index >= 15 is 0 Å². The van der Waals surface area contributed by atoms with E-state index in [1.54, 1.807) is 12.1 Å². The lowest BCUT2D eigenvalue weighted by Crippen LogP contribution is -2.19. The van der Waals surface area contributed by atoms with Crippen molar-refractivity contribution in [2.24, 2.45) is 0 Å². The predicted molar refractivity (Wildman–Crippen MR) is 73.8 cm³/mol. The summed E-state index contributed by atoms with van der Waals surface area (Å²) in [7, 11) is -3.61. The first-order chi connectivity index (χ1) is 8.86. The third-order valence-corrected chi connectivity index (χ3v) is 4.49. The summed E-state index contributed by atoms with van der Waals surface area (Å²) in [5.41, 5.74) is 1.91. The SMILES string of the molecule is CCCCOC(=O)CS(=O)(=O)c1ccc(C)c(C)c1. The summed E-state index contributed by atoms with van der Waals surface area (Å²) in [6.45, 7) is 6.00. The number of hydrogen-bond acceptors (Lipinski definition) is 4. The minimum atomic E-state index is -3.61. The van der Waals surface area contributed by atoms with Gasteiger partial charge in [0.25, 0.3) is 0 Å². The molecule has 0 aliphatic rings. The van der Waals surface area contributed by atoms with Crippen molar-refractivity contribution >= 4 is 15.8 Å². The third-order valence-electron chi connectivity index (χ3n) is 2.91. The lowest BCUT2D eigenvalue weighted by atomic mass is 10.1. The van der Waals surface area contributed by atoms with Crippen molar-refractivity contribution in [1.82, 2.24) is 0 Å². The van der Waals surface area contributed by atoms with Crippen LogP contribution in [-0.4, -0.2) is 26.7 Å². The van der Waals surface area contributed by atoms with E-state index in [1.807, 2.05) is 20.8 Å². The minimum Gasteiger partial charge on any atom is -0.465 e. The quantitative estimate of drug-likeness (QED) is 0.594. The number of unbranched alkanes of at least 4 members (excludes halogenated alkanes) is 1. The zero-order valence-electron chi connectivity index (χ0n) is 11.6. The number of sulfone groups is 1. The maximum Gasteiger partial charge on any atom is 0.321 e. The lowest BCUT2D eigenvalue weighted by molar-refractivity contribution is -0.140. The first-order valence-electron chi connectivity index (χ1n) is 6.32. The van der Waals surface area contributed by atoms with Gasteiger partial charge in [0, 0.05) is 0 Å². The van der Waals surface area contributed by atoms with Crippen LogP contribution in [0.2, 0.25) is 0 Å². The molecular formula is C14H20O4S. The molecule has 5 heteroatoms. The van der Waals surface area contributed by atoms with Gasteiger partial charge in [-0.1, -0.05) is 19.4 Å². The van der Waals surface area contributed by atoms with E-state index in [4.69, 9.17) is 4.74 Å². The number of esters is 1. The second-order valence-electron chi connectivity index (χ2n) is 4.58. The molecular weight excluding hydrogens is 264 g/mol. The largest absolute Gasteiger partial charge is 0.465 e. The Bertz CT molecular complexity index is 547. The van der Waals surface area contributed by atoms with Crippen molar-refractivity contribution in [3.05, 3.63) is 29.3 Å². The van der Waals surface area contributed by atoms with Gasteiger partial charge in [0.1, 0.15) is 0 Å². The Morgan fingerprint density at radius 3 is 2.47 bits per heavy atom. The lowest BCUT2D eigenvalue weighted by Gasteiger charge is -2.07. The summed E-state index contributed by atoms with van der Waals surface area (Å²) in [5.74, 6) is -1.29. The Kier molecular flexibility index (Phi) is 5.54. The van der Waals surface area contributed by atoms with Gasteiger partial charge in [0.15, 0.2) is 15.6 Å². The van der Waals surface area contributed by atoms with Crippen LogP contribution in [0.3, 0.4) is 0 Å². The molecule has 0 unspecified atom stereocenters. The molecule has 0 aliphatic heterocycles. The van der Waals surface area contributed by atoms with E-state index in [2.05, 4.69) is 0 Å². The van der Waals surface area contributed by atoms with Crippen LogP contribution in [0.15, 0.2) is 23.1 Å². The van der Waals surface area contributed by atoms with Crippen molar-refractivity contribution < 1.29 is 17.9 Å². The fourth-order valence-electron chi connectivity index (χ4n) is 1.52. The van der Waals surface area contributed by atoms with E-state index in [9.17, 15) is 13.2 Å². The van der Waals surface area contributed by atoms with Crippen LogP contribution < -0.4 is 0 Å². The molecule has 0 atom stereocenters. The first kappa shape index (κ1) is 15.7. The van der Waals surface area contributed by atoms with Gasteiger partial charge in [-0.15, -0.1) is 0 Å². The highest BCUT2D eigenvalue weighted by atomic mass is 32.2. The van der Waals surface area contributed by atoms with Crippen molar-refractivity contribution in [1.29, 1.82) is 0 Å². The molecule has 0 heterocycles. The highest BCUT2D eigenvalue weighted by molar-refractivity contribution is 7.92. The van der Waals surface area contributed by atoms with Gasteiger partial charge >= 0.3 is 5.97 Å². The normalized spacial score (nSPS) is 11.3. The van der Waals surface area contributed by atoms with Crippen LogP contribution in [0.4, 0.5) is 0 Å². The highest BCUT2D eigenvalue weighted by Gasteiger charge is 2.20. The van der Waals surface area contributed by atoms with Crippen molar-refractivity contribution in [3.8, 4) is 0 Å². The first-order valence-corrected chi connectivity index (χ1v) is 7.97. The Balaban J connectivity index is 2.75. The van der Waals surface area contributed by atoms with Gasteiger partial charge < -0.3 is 4.74 Å². The standard InChI is InChI=1S/C14H20O4S/c1-4-5-8-18-14(15)10-19(16,17)13-7-6-11(2)12(3)9-13/h6-7,9H,4-5,8,10H2,1-3H3. The molecule has 0 amide bonds. The van der Waals surface area contributed by atoms with E-state index in [-0.39, 0.29) is 11.5 Å². The minimum absolute atomic E-state index is 0.169. The summed E-state index contributed by atoms with van der Waals surface area (Å²) in [4.78, 5) is 11.6. The third kappa shape index (κ3) is 4.67. The summed E-state index contributed by atoms with van der Waals surface area (Å²) in [6.07, 6.45) is 1.65. The maximum absolute atomic E-state index is 12.0. The van der Waals surface area contributed by atoms with Crippen molar-refractivity contribution in [3.63, 3.8) is 0 Å². The molecule has 0 fully saturated rings. The van der Waals surface area contributed by atoms with Crippen molar-refractivity contribution in [2.75, 3.05) is 12.4 Å². The van der Waals surface area contributed by atoms with Crippen LogP contribution in [0.1, 0.15) is 30.9 Å². The van der Waals surface area contributed by atoms with Gasteiger partial charge in [-0.25, -0.2) is 8.42 Å². The van der Waals surface area contributed by atoms with E-state index in [0.29, 0.717) is 0 Å². The van der Waals surface area contributed by atoms with Gasteiger partial charge in [-0.05, 0) is 43.5 Å². The fraction of sp³-hybridized carbons (Fsp3) is 0.500.